The lowest BCUT2D eigenvalue weighted by atomic mass is 10.3. The smallest absolute Gasteiger partial charge is 0.186 e. The van der Waals surface area contributed by atoms with Crippen LogP contribution in [0.25, 0.3) is 11.0 Å². The Morgan fingerprint density at radius 1 is 1.50 bits per heavy atom. The minimum Gasteiger partial charge on any atom is -0.353 e. The monoisotopic (exact) mass is 198 g/mol. The molecule has 2 heterocycles. The van der Waals surface area contributed by atoms with Gasteiger partial charge in [-0.2, -0.15) is 0 Å². The number of hydrogen-bond acceptors (Lipinski definition) is 3. The third-order valence-corrected chi connectivity index (χ3v) is 1.80. The Kier molecular flexibility index (Phi) is 1.20. The molecule has 0 spiro atoms. The molecule has 0 radical (unpaired) electrons. The number of hydrogen-bond donors (Lipinski definition) is 0. The normalized spacial score (nSPS) is 10.5. The summed E-state index contributed by atoms with van der Waals surface area (Å²) in [5.41, 5.74) is 0.703. The van der Waals surface area contributed by atoms with Crippen molar-refractivity contribution < 1.29 is 4.52 Å². The van der Waals surface area contributed by atoms with Crippen LogP contribution in [0.15, 0.2) is 27.6 Å². The summed E-state index contributed by atoms with van der Waals surface area (Å²) in [5, 5.41) is 4.65. The van der Waals surface area contributed by atoms with E-state index in [1.165, 1.54) is 0 Å². The van der Waals surface area contributed by atoms with Crippen molar-refractivity contribution in [3.05, 3.63) is 23.1 Å². The molecule has 4 heteroatoms. The molecule has 0 aromatic carbocycles. The molecule has 3 nitrogen and oxygen atoms in total. The molecule has 0 unspecified atom stereocenters. The largest absolute Gasteiger partial charge is 0.353 e. The van der Waals surface area contributed by atoms with Gasteiger partial charge in [0.05, 0.1) is 11.6 Å². The Balaban J connectivity index is 2.93. The second kappa shape index (κ2) is 2.05. The van der Waals surface area contributed by atoms with E-state index in [4.69, 9.17) is 4.52 Å². The molecule has 10 heavy (non-hydrogen) atoms. The van der Waals surface area contributed by atoms with Gasteiger partial charge in [-0.1, -0.05) is 5.16 Å². The van der Waals surface area contributed by atoms with Crippen LogP contribution in [0.2, 0.25) is 0 Å². The molecular weight excluding hydrogens is 196 g/mol. The number of halogens is 1. The van der Waals surface area contributed by atoms with Crippen LogP contribution in [0.5, 0.6) is 0 Å². The molecule has 0 aliphatic carbocycles. The van der Waals surface area contributed by atoms with Crippen molar-refractivity contribution in [2.75, 3.05) is 0 Å². The van der Waals surface area contributed by atoms with Gasteiger partial charge in [-0.25, -0.2) is 0 Å². The predicted molar refractivity (Wildman–Crippen MR) is 39.5 cm³/mol. The summed E-state index contributed by atoms with van der Waals surface area (Å²) in [5.74, 6) is 0. The van der Waals surface area contributed by atoms with E-state index in [9.17, 15) is 0 Å². The highest BCUT2D eigenvalue weighted by Crippen LogP contribution is 2.20. The molecule has 0 saturated carbocycles. The summed E-state index contributed by atoms with van der Waals surface area (Å²) in [6, 6.07) is 1.84. The lowest BCUT2D eigenvalue weighted by Crippen LogP contribution is -1.67. The fourth-order valence-electron chi connectivity index (χ4n) is 0.762. The first-order valence-corrected chi connectivity index (χ1v) is 3.52. The highest BCUT2D eigenvalue weighted by molar-refractivity contribution is 9.10. The zero-order chi connectivity index (χ0) is 6.97. The van der Waals surface area contributed by atoms with Crippen LogP contribution in [-0.4, -0.2) is 10.1 Å². The maximum atomic E-state index is 4.89. The van der Waals surface area contributed by atoms with Gasteiger partial charge in [-0.3, -0.25) is 4.98 Å². The Labute approximate surface area is 65.2 Å². The van der Waals surface area contributed by atoms with Gasteiger partial charge in [-0.05, 0) is 22.0 Å². The van der Waals surface area contributed by atoms with Gasteiger partial charge in [0.2, 0.25) is 0 Å². The zero-order valence-corrected chi connectivity index (χ0v) is 6.50. The summed E-state index contributed by atoms with van der Waals surface area (Å²) in [6.45, 7) is 0. The molecule has 0 atom stereocenters. The minimum atomic E-state index is 0.703. The third kappa shape index (κ3) is 0.724. The molecule has 0 aliphatic heterocycles. The molecule has 2 rings (SSSR count). The van der Waals surface area contributed by atoms with Gasteiger partial charge >= 0.3 is 0 Å². The lowest BCUT2D eigenvalue weighted by Gasteiger charge is -1.80. The highest BCUT2D eigenvalue weighted by atomic mass is 79.9. The highest BCUT2D eigenvalue weighted by Gasteiger charge is 2.01. The van der Waals surface area contributed by atoms with Crippen LogP contribution in [0.3, 0.4) is 0 Å². The summed E-state index contributed by atoms with van der Waals surface area (Å²) in [7, 11) is 0. The molecule has 0 bridgehead atoms. The molecule has 2 aromatic rings. The van der Waals surface area contributed by atoms with E-state index >= 15 is 0 Å². The van der Waals surface area contributed by atoms with Gasteiger partial charge < -0.3 is 4.52 Å². The van der Waals surface area contributed by atoms with Crippen LogP contribution in [0.4, 0.5) is 0 Å². The van der Waals surface area contributed by atoms with Gasteiger partial charge in [0.15, 0.2) is 10.2 Å². The van der Waals surface area contributed by atoms with Crippen LogP contribution < -0.4 is 0 Å². The minimum absolute atomic E-state index is 0.703. The third-order valence-electron chi connectivity index (χ3n) is 1.23. The van der Waals surface area contributed by atoms with Crippen molar-refractivity contribution >= 4 is 26.9 Å². The Hall–Kier alpha value is -0.900. The van der Waals surface area contributed by atoms with Crippen molar-refractivity contribution in [3.63, 3.8) is 0 Å². The second-order valence-electron chi connectivity index (χ2n) is 1.85. The summed E-state index contributed by atoms with van der Waals surface area (Å²) < 4.78 is 5.62. The van der Waals surface area contributed by atoms with Crippen LogP contribution in [0.1, 0.15) is 0 Å². The van der Waals surface area contributed by atoms with Crippen molar-refractivity contribution in [1.82, 2.24) is 10.1 Å². The average Bonchev–Trinajstić information content (AvgIpc) is 2.34. The fraction of sp³-hybridized carbons (Fsp3) is 0. The first-order valence-electron chi connectivity index (χ1n) is 2.73. The fourth-order valence-corrected chi connectivity index (χ4v) is 1.16. The van der Waals surface area contributed by atoms with E-state index in [1.54, 1.807) is 12.4 Å². The predicted octanol–water partition coefficient (Wildman–Crippen LogP) is 1.99. The van der Waals surface area contributed by atoms with Crippen molar-refractivity contribution in [1.29, 1.82) is 0 Å². The van der Waals surface area contributed by atoms with Crippen molar-refractivity contribution in [3.8, 4) is 0 Å². The maximum Gasteiger partial charge on any atom is 0.186 e. The number of aromatic nitrogens is 2. The molecular formula is C6H3BrN2O. The SMILES string of the molecule is Brc1noc2cnccc12. The maximum absolute atomic E-state index is 4.89. The lowest BCUT2D eigenvalue weighted by molar-refractivity contribution is 0.450. The first kappa shape index (κ1) is 5.85. The molecule has 0 N–H and O–H groups in total. The van der Waals surface area contributed by atoms with Crippen molar-refractivity contribution in [2.45, 2.75) is 0 Å². The first-order chi connectivity index (χ1) is 4.88. The Morgan fingerprint density at radius 2 is 2.40 bits per heavy atom. The molecule has 0 fully saturated rings. The van der Waals surface area contributed by atoms with Crippen molar-refractivity contribution in [2.24, 2.45) is 0 Å². The zero-order valence-electron chi connectivity index (χ0n) is 4.91. The van der Waals surface area contributed by atoms with Crippen LogP contribution in [0, 0.1) is 0 Å². The molecule has 50 valence electrons. The van der Waals surface area contributed by atoms with E-state index in [0.29, 0.717) is 5.58 Å². The summed E-state index contributed by atoms with van der Waals surface area (Å²) >= 11 is 3.23. The standard InChI is InChI=1S/C6H3BrN2O/c7-6-4-1-2-8-3-5(4)10-9-6/h1-3H. The molecule has 2 aromatic heterocycles. The summed E-state index contributed by atoms with van der Waals surface area (Å²) in [4.78, 5) is 3.87. The van der Waals surface area contributed by atoms with Crippen LogP contribution in [-0.2, 0) is 0 Å². The van der Waals surface area contributed by atoms with E-state index in [2.05, 4.69) is 26.1 Å². The number of rotatable bonds is 0. The average molecular weight is 199 g/mol. The van der Waals surface area contributed by atoms with Gasteiger partial charge in [0.1, 0.15) is 0 Å². The topological polar surface area (TPSA) is 38.9 Å². The summed E-state index contributed by atoms with van der Waals surface area (Å²) in [6.07, 6.45) is 3.33. The van der Waals surface area contributed by atoms with E-state index in [0.717, 1.165) is 9.99 Å². The van der Waals surface area contributed by atoms with Gasteiger partial charge in [-0.15, -0.1) is 0 Å². The second-order valence-corrected chi connectivity index (χ2v) is 2.60. The quantitative estimate of drug-likeness (QED) is 0.651. The van der Waals surface area contributed by atoms with Gasteiger partial charge in [0, 0.05) is 6.20 Å². The van der Waals surface area contributed by atoms with E-state index < -0.39 is 0 Å². The molecule has 0 saturated heterocycles. The van der Waals surface area contributed by atoms with E-state index in [1.807, 2.05) is 6.07 Å². The van der Waals surface area contributed by atoms with Crippen LogP contribution >= 0.6 is 15.9 Å². The molecule has 0 aliphatic rings. The Bertz CT molecular complexity index is 357. The van der Waals surface area contributed by atoms with E-state index in [-0.39, 0.29) is 0 Å². The Morgan fingerprint density at radius 3 is 3.20 bits per heavy atom. The number of pyridine rings is 1. The number of nitrogens with zero attached hydrogens (tertiary/aromatic N) is 2. The number of fused-ring (bicyclic) bond motifs is 1. The van der Waals surface area contributed by atoms with Gasteiger partial charge in [0.25, 0.3) is 0 Å². The molecule has 0 amide bonds.